The topological polar surface area (TPSA) is 125 Å². The lowest BCUT2D eigenvalue weighted by molar-refractivity contribution is 0.100. The van der Waals surface area contributed by atoms with E-state index in [1.807, 2.05) is 12.4 Å². The number of fused-ring (bicyclic) bond motifs is 1. The summed E-state index contributed by atoms with van der Waals surface area (Å²) >= 11 is 0. The molecule has 0 saturated heterocycles. The second kappa shape index (κ2) is 8.26. The minimum Gasteiger partial charge on any atom is -0.366 e. The van der Waals surface area contributed by atoms with Gasteiger partial charge in [0.1, 0.15) is 5.82 Å². The standard InChI is InChI=1S/C23H29N7O/c24-16-10-8-14(9-11-16)21-28-22(27-17-5-3-4-15(12-17)20(25)31)19-23(29-21)30(13-26-19)18-6-1-2-7-18/h3-5,12-14,16,18H,1-2,6-11,24H2,(H2,25,31)(H,27,28,29). The van der Waals surface area contributed by atoms with Gasteiger partial charge in [-0.1, -0.05) is 18.9 Å². The second-order valence-electron chi connectivity index (χ2n) is 8.87. The van der Waals surface area contributed by atoms with Crippen molar-refractivity contribution in [3.8, 4) is 0 Å². The van der Waals surface area contributed by atoms with Crippen LogP contribution in [0.2, 0.25) is 0 Å². The molecule has 2 aliphatic rings. The quantitative estimate of drug-likeness (QED) is 0.578. The van der Waals surface area contributed by atoms with Crippen molar-refractivity contribution in [3.05, 3.63) is 42.0 Å². The van der Waals surface area contributed by atoms with Crippen molar-refractivity contribution in [2.75, 3.05) is 5.32 Å². The maximum Gasteiger partial charge on any atom is 0.248 e. The van der Waals surface area contributed by atoms with Crippen LogP contribution in [0.15, 0.2) is 30.6 Å². The summed E-state index contributed by atoms with van der Waals surface area (Å²) in [5, 5.41) is 3.37. The van der Waals surface area contributed by atoms with Gasteiger partial charge in [-0.15, -0.1) is 0 Å². The number of hydrogen-bond donors (Lipinski definition) is 3. The fourth-order valence-corrected chi connectivity index (χ4v) is 4.92. The molecule has 1 amide bonds. The molecule has 2 aliphatic carbocycles. The monoisotopic (exact) mass is 419 g/mol. The molecular formula is C23H29N7O. The third kappa shape index (κ3) is 3.99. The SMILES string of the molecule is NC(=O)c1cccc(Nc2nc(C3CCC(N)CC3)nc3c2ncn3C2CCCC2)c1. The third-order valence-electron chi connectivity index (χ3n) is 6.70. The van der Waals surface area contributed by atoms with E-state index >= 15 is 0 Å². The number of carbonyl (C=O) groups is 1. The Bertz CT molecular complexity index is 1090. The van der Waals surface area contributed by atoms with E-state index in [9.17, 15) is 4.79 Å². The highest BCUT2D eigenvalue weighted by Crippen LogP contribution is 2.36. The number of anilines is 2. The van der Waals surface area contributed by atoms with Gasteiger partial charge in [-0.05, 0) is 56.7 Å². The maximum atomic E-state index is 11.6. The Morgan fingerprint density at radius 1 is 1.06 bits per heavy atom. The summed E-state index contributed by atoms with van der Waals surface area (Å²) in [5.41, 5.74) is 14.4. The van der Waals surface area contributed by atoms with Gasteiger partial charge in [0.05, 0.1) is 6.33 Å². The lowest BCUT2D eigenvalue weighted by atomic mass is 9.86. The molecule has 2 fully saturated rings. The zero-order valence-corrected chi connectivity index (χ0v) is 17.6. The van der Waals surface area contributed by atoms with E-state index in [0.717, 1.165) is 61.2 Å². The van der Waals surface area contributed by atoms with Crippen molar-refractivity contribution in [2.45, 2.75) is 69.4 Å². The number of imidazole rings is 1. The van der Waals surface area contributed by atoms with Gasteiger partial charge < -0.3 is 21.4 Å². The lowest BCUT2D eigenvalue weighted by Crippen LogP contribution is -2.26. The Labute approximate surface area is 181 Å². The summed E-state index contributed by atoms with van der Waals surface area (Å²) < 4.78 is 2.23. The highest BCUT2D eigenvalue weighted by atomic mass is 16.1. The summed E-state index contributed by atoms with van der Waals surface area (Å²) in [7, 11) is 0. The number of nitrogens with one attached hydrogen (secondary N) is 1. The first kappa shape index (κ1) is 19.9. The Morgan fingerprint density at radius 3 is 2.58 bits per heavy atom. The summed E-state index contributed by atoms with van der Waals surface area (Å²) in [6.07, 6.45) is 10.7. The summed E-state index contributed by atoms with van der Waals surface area (Å²) in [4.78, 5) is 26.2. The van der Waals surface area contributed by atoms with Crippen molar-refractivity contribution in [1.82, 2.24) is 19.5 Å². The van der Waals surface area contributed by atoms with Crippen LogP contribution < -0.4 is 16.8 Å². The van der Waals surface area contributed by atoms with E-state index < -0.39 is 5.91 Å². The smallest absolute Gasteiger partial charge is 0.248 e. The average Bonchev–Trinajstić information content (AvgIpc) is 3.44. The van der Waals surface area contributed by atoms with Crippen LogP contribution in [0.3, 0.4) is 0 Å². The molecular weight excluding hydrogens is 390 g/mol. The van der Waals surface area contributed by atoms with Crippen molar-refractivity contribution in [2.24, 2.45) is 11.5 Å². The number of aromatic nitrogens is 4. The molecule has 2 aromatic heterocycles. The largest absolute Gasteiger partial charge is 0.366 e. The van der Waals surface area contributed by atoms with Gasteiger partial charge in [-0.3, -0.25) is 4.79 Å². The average molecular weight is 420 g/mol. The third-order valence-corrected chi connectivity index (χ3v) is 6.70. The highest BCUT2D eigenvalue weighted by molar-refractivity contribution is 5.94. The van der Waals surface area contributed by atoms with E-state index in [-0.39, 0.29) is 6.04 Å². The van der Waals surface area contributed by atoms with Crippen LogP contribution in [0.1, 0.15) is 79.5 Å². The number of rotatable bonds is 5. The maximum absolute atomic E-state index is 11.6. The number of hydrogen-bond acceptors (Lipinski definition) is 6. The van der Waals surface area contributed by atoms with Crippen LogP contribution >= 0.6 is 0 Å². The van der Waals surface area contributed by atoms with Crippen molar-refractivity contribution in [1.29, 1.82) is 0 Å². The number of nitrogens with two attached hydrogens (primary N) is 2. The number of nitrogens with zero attached hydrogens (tertiary/aromatic N) is 4. The van der Waals surface area contributed by atoms with Gasteiger partial charge in [0.2, 0.25) is 5.91 Å². The van der Waals surface area contributed by atoms with Gasteiger partial charge in [-0.2, -0.15) is 0 Å². The summed E-state index contributed by atoms with van der Waals surface area (Å²) in [6, 6.07) is 7.87. The molecule has 0 aliphatic heterocycles. The fraction of sp³-hybridized carbons (Fsp3) is 0.478. The number of benzene rings is 1. The van der Waals surface area contributed by atoms with Gasteiger partial charge in [0.15, 0.2) is 17.0 Å². The predicted molar refractivity (Wildman–Crippen MR) is 120 cm³/mol. The van der Waals surface area contributed by atoms with Crippen molar-refractivity contribution < 1.29 is 4.79 Å². The van der Waals surface area contributed by atoms with E-state index in [2.05, 4.69) is 14.9 Å². The van der Waals surface area contributed by atoms with Crippen molar-refractivity contribution >= 4 is 28.6 Å². The van der Waals surface area contributed by atoms with E-state index in [1.54, 1.807) is 18.2 Å². The summed E-state index contributed by atoms with van der Waals surface area (Å²) in [6.45, 7) is 0. The van der Waals surface area contributed by atoms with Crippen LogP contribution in [0.5, 0.6) is 0 Å². The Balaban J connectivity index is 1.57. The molecule has 0 unspecified atom stereocenters. The fourth-order valence-electron chi connectivity index (χ4n) is 4.92. The molecule has 5 rings (SSSR count). The number of primary amides is 1. The number of carbonyl (C=O) groups excluding carboxylic acids is 1. The predicted octanol–water partition coefficient (Wildman–Crippen LogP) is 3.77. The van der Waals surface area contributed by atoms with E-state index in [1.165, 1.54) is 12.8 Å². The minimum atomic E-state index is -0.457. The first-order chi connectivity index (χ1) is 15.1. The molecule has 0 radical (unpaired) electrons. The van der Waals surface area contributed by atoms with Crippen LogP contribution in [0.25, 0.3) is 11.2 Å². The first-order valence-electron chi connectivity index (χ1n) is 11.3. The zero-order valence-electron chi connectivity index (χ0n) is 17.6. The molecule has 0 bridgehead atoms. The Morgan fingerprint density at radius 2 is 1.84 bits per heavy atom. The molecule has 0 spiro atoms. The molecule has 8 nitrogen and oxygen atoms in total. The Kier molecular flexibility index (Phi) is 5.31. The highest BCUT2D eigenvalue weighted by Gasteiger charge is 2.26. The Hall–Kier alpha value is -3.00. The molecule has 1 aromatic carbocycles. The zero-order chi connectivity index (χ0) is 21.4. The van der Waals surface area contributed by atoms with Crippen LogP contribution in [-0.4, -0.2) is 31.5 Å². The molecule has 162 valence electrons. The van der Waals surface area contributed by atoms with Crippen LogP contribution in [-0.2, 0) is 0 Å². The minimum absolute atomic E-state index is 0.276. The molecule has 2 saturated carbocycles. The lowest BCUT2D eigenvalue weighted by Gasteiger charge is -2.25. The van der Waals surface area contributed by atoms with E-state index in [4.69, 9.17) is 21.4 Å². The summed E-state index contributed by atoms with van der Waals surface area (Å²) in [5.74, 6) is 1.37. The van der Waals surface area contributed by atoms with E-state index in [0.29, 0.717) is 23.3 Å². The van der Waals surface area contributed by atoms with Crippen molar-refractivity contribution in [3.63, 3.8) is 0 Å². The van der Waals surface area contributed by atoms with Crippen LogP contribution in [0, 0.1) is 0 Å². The van der Waals surface area contributed by atoms with Gasteiger partial charge in [0.25, 0.3) is 0 Å². The second-order valence-corrected chi connectivity index (χ2v) is 8.87. The molecule has 31 heavy (non-hydrogen) atoms. The number of amides is 1. The van der Waals surface area contributed by atoms with Gasteiger partial charge in [-0.25, -0.2) is 15.0 Å². The molecule has 2 heterocycles. The van der Waals surface area contributed by atoms with Gasteiger partial charge >= 0.3 is 0 Å². The normalized spacial score (nSPS) is 22.1. The van der Waals surface area contributed by atoms with Crippen LogP contribution in [0.4, 0.5) is 11.5 Å². The molecule has 0 atom stereocenters. The van der Waals surface area contributed by atoms with Gasteiger partial charge in [0, 0.05) is 29.3 Å². The molecule has 3 aromatic rings. The molecule has 5 N–H and O–H groups in total. The first-order valence-corrected chi connectivity index (χ1v) is 11.3. The molecule has 8 heteroatoms.